The van der Waals surface area contributed by atoms with Gasteiger partial charge >= 0.3 is 0 Å². The van der Waals surface area contributed by atoms with Crippen LogP contribution in [0.4, 0.5) is 0 Å². The third kappa shape index (κ3) is 4.94. The first-order valence-corrected chi connectivity index (χ1v) is 7.31. The molecule has 1 unspecified atom stereocenters. The van der Waals surface area contributed by atoms with Crippen LogP contribution in [0.3, 0.4) is 0 Å². The zero-order valence-corrected chi connectivity index (χ0v) is 11.8. The van der Waals surface area contributed by atoms with E-state index in [9.17, 15) is 5.11 Å². The van der Waals surface area contributed by atoms with Crippen molar-refractivity contribution < 1.29 is 5.11 Å². The van der Waals surface area contributed by atoms with E-state index in [-0.39, 0.29) is 0 Å². The fourth-order valence-corrected chi connectivity index (χ4v) is 2.67. The number of nitrogens with zero attached hydrogens (tertiary/aromatic N) is 1. The van der Waals surface area contributed by atoms with Gasteiger partial charge in [0, 0.05) is 19.1 Å². The van der Waals surface area contributed by atoms with Gasteiger partial charge in [-0.1, -0.05) is 20.8 Å². The minimum absolute atomic E-state index is 0.492. The Morgan fingerprint density at radius 3 is 2.47 bits per heavy atom. The van der Waals surface area contributed by atoms with Crippen LogP contribution in [0.15, 0.2) is 0 Å². The number of hydrogen-bond acceptors (Lipinski definition) is 3. The number of rotatable bonds is 8. The molecule has 3 heteroatoms. The Labute approximate surface area is 107 Å². The second kappa shape index (κ2) is 7.34. The number of hydrogen-bond donors (Lipinski definition) is 2. The quantitative estimate of drug-likeness (QED) is 0.683. The molecule has 0 bridgehead atoms. The van der Waals surface area contributed by atoms with Crippen LogP contribution < -0.4 is 5.32 Å². The summed E-state index contributed by atoms with van der Waals surface area (Å²) in [6.07, 6.45) is 5.45. The molecule has 0 aliphatic carbocycles. The first-order chi connectivity index (χ1) is 8.13. The number of aliphatic hydroxyl groups is 1. The summed E-state index contributed by atoms with van der Waals surface area (Å²) in [5.41, 5.74) is -0.492. The van der Waals surface area contributed by atoms with Crippen molar-refractivity contribution in [3.63, 3.8) is 0 Å². The lowest BCUT2D eigenvalue weighted by atomic mass is 9.96. The van der Waals surface area contributed by atoms with Gasteiger partial charge in [-0.05, 0) is 45.2 Å². The van der Waals surface area contributed by atoms with Crippen LogP contribution in [-0.2, 0) is 0 Å². The molecule has 1 rings (SSSR count). The van der Waals surface area contributed by atoms with Crippen molar-refractivity contribution in [2.24, 2.45) is 0 Å². The molecule has 1 aliphatic heterocycles. The van der Waals surface area contributed by atoms with Crippen LogP contribution in [-0.4, -0.2) is 47.8 Å². The molecule has 17 heavy (non-hydrogen) atoms. The molecule has 1 fully saturated rings. The van der Waals surface area contributed by atoms with E-state index in [4.69, 9.17) is 0 Å². The summed E-state index contributed by atoms with van der Waals surface area (Å²) in [4.78, 5) is 2.44. The second-order valence-corrected chi connectivity index (χ2v) is 5.46. The van der Waals surface area contributed by atoms with Gasteiger partial charge in [0.15, 0.2) is 0 Å². The van der Waals surface area contributed by atoms with Crippen LogP contribution in [0.2, 0.25) is 0 Å². The Balaban J connectivity index is 2.46. The Kier molecular flexibility index (Phi) is 6.45. The van der Waals surface area contributed by atoms with Crippen molar-refractivity contribution in [2.75, 3.05) is 26.2 Å². The Morgan fingerprint density at radius 1 is 1.29 bits per heavy atom. The molecule has 1 saturated heterocycles. The Morgan fingerprint density at radius 2 is 2.00 bits per heavy atom. The van der Waals surface area contributed by atoms with Gasteiger partial charge in [-0.2, -0.15) is 0 Å². The lowest BCUT2D eigenvalue weighted by Crippen LogP contribution is -2.46. The molecule has 0 saturated carbocycles. The van der Waals surface area contributed by atoms with E-state index >= 15 is 0 Å². The van der Waals surface area contributed by atoms with Crippen LogP contribution in [0.5, 0.6) is 0 Å². The van der Waals surface area contributed by atoms with E-state index in [1.807, 2.05) is 0 Å². The highest BCUT2D eigenvalue weighted by atomic mass is 16.3. The molecule has 3 nitrogen and oxygen atoms in total. The smallest absolute Gasteiger partial charge is 0.0768 e. The van der Waals surface area contributed by atoms with Gasteiger partial charge in [0.25, 0.3) is 0 Å². The molecule has 2 N–H and O–H groups in total. The largest absolute Gasteiger partial charge is 0.389 e. The molecule has 102 valence electrons. The van der Waals surface area contributed by atoms with Gasteiger partial charge in [0.05, 0.1) is 5.60 Å². The SMILES string of the molecule is CCCN(CC1CCCN1)CC(O)(CC)CC. The fraction of sp³-hybridized carbons (Fsp3) is 1.00. The van der Waals surface area contributed by atoms with Crippen molar-refractivity contribution >= 4 is 0 Å². The summed E-state index contributed by atoms with van der Waals surface area (Å²) < 4.78 is 0. The maximum Gasteiger partial charge on any atom is 0.0768 e. The lowest BCUT2D eigenvalue weighted by molar-refractivity contribution is -0.00509. The zero-order chi connectivity index (χ0) is 12.7. The third-order valence-corrected chi connectivity index (χ3v) is 4.01. The molecular formula is C14H30N2O. The van der Waals surface area contributed by atoms with Crippen LogP contribution in [0.25, 0.3) is 0 Å². The van der Waals surface area contributed by atoms with Crippen LogP contribution in [0, 0.1) is 0 Å². The van der Waals surface area contributed by atoms with E-state index in [0.29, 0.717) is 6.04 Å². The van der Waals surface area contributed by atoms with Crippen molar-refractivity contribution in [3.05, 3.63) is 0 Å². The fourth-order valence-electron chi connectivity index (χ4n) is 2.67. The van der Waals surface area contributed by atoms with Crippen molar-refractivity contribution in [1.82, 2.24) is 10.2 Å². The summed E-state index contributed by atoms with van der Waals surface area (Å²) in [7, 11) is 0. The maximum atomic E-state index is 10.4. The summed E-state index contributed by atoms with van der Waals surface area (Å²) in [5, 5.41) is 14.0. The Hall–Kier alpha value is -0.120. The molecule has 0 aromatic heterocycles. The average molecular weight is 242 g/mol. The van der Waals surface area contributed by atoms with E-state index in [2.05, 4.69) is 31.0 Å². The molecule has 0 spiro atoms. The van der Waals surface area contributed by atoms with E-state index < -0.39 is 5.60 Å². The molecule has 1 aliphatic rings. The number of nitrogens with one attached hydrogen (secondary N) is 1. The average Bonchev–Trinajstić information content (AvgIpc) is 2.82. The topological polar surface area (TPSA) is 35.5 Å². The highest BCUT2D eigenvalue weighted by Crippen LogP contribution is 2.18. The van der Waals surface area contributed by atoms with E-state index in [0.717, 1.165) is 45.4 Å². The summed E-state index contributed by atoms with van der Waals surface area (Å²) in [5.74, 6) is 0. The van der Waals surface area contributed by atoms with Gasteiger partial charge in [0.2, 0.25) is 0 Å². The van der Waals surface area contributed by atoms with Gasteiger partial charge in [0.1, 0.15) is 0 Å². The molecule has 0 aromatic carbocycles. The molecule has 0 aromatic rings. The predicted molar refractivity (Wildman–Crippen MR) is 73.3 cm³/mol. The molecule has 1 heterocycles. The van der Waals surface area contributed by atoms with Gasteiger partial charge < -0.3 is 10.4 Å². The standard InChI is InChI=1S/C14H30N2O/c1-4-10-16(11-13-8-7-9-15-13)12-14(17,5-2)6-3/h13,15,17H,4-12H2,1-3H3. The highest BCUT2D eigenvalue weighted by Gasteiger charge is 2.27. The Bertz CT molecular complexity index is 198. The minimum atomic E-state index is -0.492. The monoisotopic (exact) mass is 242 g/mol. The lowest BCUT2D eigenvalue weighted by Gasteiger charge is -2.34. The first-order valence-electron chi connectivity index (χ1n) is 7.31. The van der Waals surface area contributed by atoms with Gasteiger partial charge in [-0.3, -0.25) is 4.90 Å². The third-order valence-electron chi connectivity index (χ3n) is 4.01. The zero-order valence-electron chi connectivity index (χ0n) is 11.8. The summed E-state index contributed by atoms with van der Waals surface area (Å²) >= 11 is 0. The highest BCUT2D eigenvalue weighted by molar-refractivity contribution is 4.83. The van der Waals surface area contributed by atoms with Gasteiger partial charge in [-0.25, -0.2) is 0 Å². The molecular weight excluding hydrogens is 212 g/mol. The molecule has 0 radical (unpaired) electrons. The van der Waals surface area contributed by atoms with Crippen LogP contribution in [0.1, 0.15) is 52.9 Å². The normalized spacial score (nSPS) is 21.4. The van der Waals surface area contributed by atoms with Crippen molar-refractivity contribution in [2.45, 2.75) is 64.5 Å². The predicted octanol–water partition coefficient (Wildman–Crippen LogP) is 2.00. The molecule has 0 amide bonds. The summed E-state index contributed by atoms with van der Waals surface area (Å²) in [6, 6.07) is 0.638. The summed E-state index contributed by atoms with van der Waals surface area (Å²) in [6.45, 7) is 10.6. The molecule has 1 atom stereocenters. The van der Waals surface area contributed by atoms with Crippen molar-refractivity contribution in [3.8, 4) is 0 Å². The van der Waals surface area contributed by atoms with Crippen molar-refractivity contribution in [1.29, 1.82) is 0 Å². The minimum Gasteiger partial charge on any atom is -0.389 e. The van der Waals surface area contributed by atoms with Gasteiger partial charge in [-0.15, -0.1) is 0 Å². The second-order valence-electron chi connectivity index (χ2n) is 5.46. The van der Waals surface area contributed by atoms with Crippen LogP contribution >= 0.6 is 0 Å². The first kappa shape index (κ1) is 14.9. The van der Waals surface area contributed by atoms with E-state index in [1.54, 1.807) is 0 Å². The maximum absolute atomic E-state index is 10.4. The van der Waals surface area contributed by atoms with E-state index in [1.165, 1.54) is 12.8 Å².